The van der Waals surface area contributed by atoms with Gasteiger partial charge in [0.25, 0.3) is 0 Å². The van der Waals surface area contributed by atoms with Crippen molar-refractivity contribution in [1.82, 2.24) is 25.1 Å². The first-order valence-electron chi connectivity index (χ1n) is 11.4. The average molecular weight is 422 g/mol. The summed E-state index contributed by atoms with van der Waals surface area (Å²) in [6.45, 7) is 4.15. The molecule has 0 amide bonds. The van der Waals surface area contributed by atoms with Crippen molar-refractivity contribution in [2.75, 3.05) is 26.2 Å². The standard InChI is InChI=1S/C24H31N5O2/c30-23(31)14-24(16-28(17-24)15-22-25-9-4-10-26-22)29-11-7-19(8-12-29)27-21-13-20(21)18-5-2-1-3-6-18/h1-6,9-10,19-21,27H,7-8,11-17H2,(H,30,31)/t20?,21-/m1/s1. The maximum absolute atomic E-state index is 11.6. The van der Waals surface area contributed by atoms with Crippen molar-refractivity contribution in [3.05, 3.63) is 60.2 Å². The van der Waals surface area contributed by atoms with Crippen LogP contribution in [0, 0.1) is 0 Å². The number of carboxylic acid groups (broad SMARTS) is 1. The van der Waals surface area contributed by atoms with Gasteiger partial charge in [-0.3, -0.25) is 14.6 Å². The lowest BCUT2D eigenvalue weighted by atomic mass is 9.82. The molecule has 7 heteroatoms. The van der Waals surface area contributed by atoms with E-state index in [4.69, 9.17) is 0 Å². The highest BCUT2D eigenvalue weighted by molar-refractivity contribution is 5.69. The molecule has 2 atom stereocenters. The smallest absolute Gasteiger partial charge is 0.305 e. The topological polar surface area (TPSA) is 81.6 Å². The van der Waals surface area contributed by atoms with Gasteiger partial charge >= 0.3 is 5.97 Å². The summed E-state index contributed by atoms with van der Waals surface area (Å²) >= 11 is 0. The minimum atomic E-state index is -0.709. The summed E-state index contributed by atoms with van der Waals surface area (Å²) in [5, 5.41) is 13.4. The quantitative estimate of drug-likeness (QED) is 0.676. The molecular weight excluding hydrogens is 390 g/mol. The molecule has 3 aliphatic rings. The molecule has 2 N–H and O–H groups in total. The highest BCUT2D eigenvalue weighted by atomic mass is 16.4. The Balaban J connectivity index is 1.13. The molecule has 0 spiro atoms. The first kappa shape index (κ1) is 20.5. The number of aliphatic carboxylic acids is 1. The highest BCUT2D eigenvalue weighted by Gasteiger charge is 2.50. The SMILES string of the molecule is O=C(O)CC1(N2CCC(N[C@@H]3CC3c3ccccc3)CC2)CN(Cc2ncccn2)C1. The zero-order valence-corrected chi connectivity index (χ0v) is 17.9. The van der Waals surface area contributed by atoms with Gasteiger partial charge in [-0.2, -0.15) is 0 Å². The lowest BCUT2D eigenvalue weighted by Gasteiger charge is -2.57. The average Bonchev–Trinajstić information content (AvgIpc) is 3.53. The van der Waals surface area contributed by atoms with Crippen molar-refractivity contribution < 1.29 is 9.90 Å². The highest BCUT2D eigenvalue weighted by Crippen LogP contribution is 2.42. The first-order chi connectivity index (χ1) is 15.1. The molecule has 5 rings (SSSR count). The van der Waals surface area contributed by atoms with Gasteiger partial charge in [-0.1, -0.05) is 30.3 Å². The van der Waals surface area contributed by atoms with E-state index >= 15 is 0 Å². The summed E-state index contributed by atoms with van der Waals surface area (Å²) in [4.78, 5) is 24.9. The predicted molar refractivity (Wildman–Crippen MR) is 118 cm³/mol. The minimum absolute atomic E-state index is 0.204. The number of benzene rings is 1. The van der Waals surface area contributed by atoms with Crippen molar-refractivity contribution >= 4 is 5.97 Å². The molecule has 31 heavy (non-hydrogen) atoms. The summed E-state index contributed by atoms with van der Waals surface area (Å²) in [7, 11) is 0. The van der Waals surface area contributed by atoms with E-state index in [0.717, 1.165) is 44.8 Å². The predicted octanol–water partition coefficient (Wildman–Crippen LogP) is 2.12. The van der Waals surface area contributed by atoms with E-state index in [9.17, 15) is 9.90 Å². The molecule has 3 heterocycles. The van der Waals surface area contributed by atoms with Gasteiger partial charge in [0.05, 0.1) is 18.5 Å². The van der Waals surface area contributed by atoms with Gasteiger partial charge in [0.2, 0.25) is 0 Å². The Morgan fingerprint density at radius 2 is 1.81 bits per heavy atom. The van der Waals surface area contributed by atoms with Crippen molar-refractivity contribution in [1.29, 1.82) is 0 Å². The zero-order valence-electron chi connectivity index (χ0n) is 17.9. The Hall–Kier alpha value is -2.35. The molecule has 1 unspecified atom stereocenters. The van der Waals surface area contributed by atoms with Gasteiger partial charge in [0.15, 0.2) is 0 Å². The Morgan fingerprint density at radius 3 is 2.48 bits per heavy atom. The lowest BCUT2D eigenvalue weighted by molar-refractivity contribution is -0.147. The summed E-state index contributed by atoms with van der Waals surface area (Å²) in [6.07, 6.45) is 7.11. The molecule has 0 bridgehead atoms. The largest absolute Gasteiger partial charge is 0.481 e. The lowest BCUT2D eigenvalue weighted by Crippen LogP contribution is -2.71. The Kier molecular flexibility index (Phi) is 5.73. The Bertz CT molecular complexity index is 879. The van der Waals surface area contributed by atoms with E-state index in [1.165, 1.54) is 12.0 Å². The van der Waals surface area contributed by atoms with Crippen molar-refractivity contribution in [2.24, 2.45) is 0 Å². The molecule has 7 nitrogen and oxygen atoms in total. The summed E-state index contributed by atoms with van der Waals surface area (Å²) in [5.41, 5.74) is 1.19. The van der Waals surface area contributed by atoms with Crippen LogP contribution in [0.25, 0.3) is 0 Å². The molecule has 1 saturated carbocycles. The summed E-state index contributed by atoms with van der Waals surface area (Å²) in [5.74, 6) is 0.740. The molecule has 2 aromatic rings. The normalized spacial score (nSPS) is 26.3. The van der Waals surface area contributed by atoms with Crippen LogP contribution in [0.3, 0.4) is 0 Å². The van der Waals surface area contributed by atoms with Gasteiger partial charge in [-0.25, -0.2) is 9.97 Å². The second-order valence-electron chi connectivity index (χ2n) is 9.39. The van der Waals surface area contributed by atoms with Gasteiger partial charge in [0, 0.05) is 56.6 Å². The number of hydrogen-bond donors (Lipinski definition) is 2. The third-order valence-corrected chi connectivity index (χ3v) is 7.13. The zero-order chi connectivity index (χ0) is 21.3. The molecule has 3 fully saturated rings. The molecule has 1 aliphatic carbocycles. The number of carbonyl (C=O) groups is 1. The van der Waals surface area contributed by atoms with Crippen LogP contribution in [-0.2, 0) is 11.3 Å². The van der Waals surface area contributed by atoms with Crippen LogP contribution in [0.5, 0.6) is 0 Å². The number of hydrogen-bond acceptors (Lipinski definition) is 6. The van der Waals surface area contributed by atoms with Crippen LogP contribution in [0.2, 0.25) is 0 Å². The van der Waals surface area contributed by atoms with E-state index in [0.29, 0.717) is 24.5 Å². The van der Waals surface area contributed by atoms with Crippen LogP contribution in [0.1, 0.15) is 43.0 Å². The second kappa shape index (κ2) is 8.65. The molecular formula is C24H31N5O2. The minimum Gasteiger partial charge on any atom is -0.481 e. The van der Waals surface area contributed by atoms with Crippen molar-refractivity contribution in [3.63, 3.8) is 0 Å². The maximum atomic E-state index is 11.6. The number of piperidine rings is 1. The Morgan fingerprint density at radius 1 is 1.10 bits per heavy atom. The molecule has 164 valence electrons. The summed E-state index contributed by atoms with van der Waals surface area (Å²) in [6, 6.07) is 13.7. The number of rotatable bonds is 8. The monoisotopic (exact) mass is 421 g/mol. The van der Waals surface area contributed by atoms with Gasteiger partial charge in [-0.05, 0) is 30.9 Å². The van der Waals surface area contributed by atoms with E-state index in [-0.39, 0.29) is 12.0 Å². The van der Waals surface area contributed by atoms with Crippen LogP contribution in [0.4, 0.5) is 0 Å². The number of nitrogens with zero attached hydrogens (tertiary/aromatic N) is 4. The first-order valence-corrected chi connectivity index (χ1v) is 11.4. The van der Waals surface area contributed by atoms with Crippen LogP contribution in [-0.4, -0.2) is 74.6 Å². The number of likely N-dealkylation sites (tertiary alicyclic amines) is 2. The van der Waals surface area contributed by atoms with Crippen LogP contribution >= 0.6 is 0 Å². The second-order valence-corrected chi connectivity index (χ2v) is 9.39. The van der Waals surface area contributed by atoms with E-state index in [2.05, 4.69) is 55.4 Å². The fraction of sp³-hybridized carbons (Fsp3) is 0.542. The molecule has 0 radical (unpaired) electrons. The molecule has 1 aromatic heterocycles. The van der Waals surface area contributed by atoms with E-state index in [1.807, 2.05) is 6.07 Å². The molecule has 2 aliphatic heterocycles. The molecule has 1 aromatic carbocycles. The van der Waals surface area contributed by atoms with Crippen LogP contribution in [0.15, 0.2) is 48.8 Å². The number of aromatic nitrogens is 2. The third-order valence-electron chi connectivity index (χ3n) is 7.13. The van der Waals surface area contributed by atoms with Gasteiger partial charge in [0.1, 0.15) is 5.82 Å². The fourth-order valence-electron chi connectivity index (χ4n) is 5.49. The van der Waals surface area contributed by atoms with Gasteiger partial charge in [-0.15, -0.1) is 0 Å². The van der Waals surface area contributed by atoms with E-state index in [1.54, 1.807) is 12.4 Å². The number of nitrogens with one attached hydrogen (secondary N) is 1. The van der Waals surface area contributed by atoms with E-state index < -0.39 is 5.97 Å². The third kappa shape index (κ3) is 4.63. The van der Waals surface area contributed by atoms with Crippen LogP contribution < -0.4 is 5.32 Å². The van der Waals surface area contributed by atoms with Crippen molar-refractivity contribution in [2.45, 2.75) is 55.8 Å². The fourth-order valence-corrected chi connectivity index (χ4v) is 5.49. The van der Waals surface area contributed by atoms with Crippen molar-refractivity contribution in [3.8, 4) is 0 Å². The molecule has 2 saturated heterocycles. The number of carboxylic acids is 1. The maximum Gasteiger partial charge on any atom is 0.305 e. The van der Waals surface area contributed by atoms with Gasteiger partial charge < -0.3 is 10.4 Å². The Labute approximate surface area is 183 Å². The summed E-state index contributed by atoms with van der Waals surface area (Å²) < 4.78 is 0.